The molecule has 2 aromatic carbocycles. The third kappa shape index (κ3) is 5.76. The fourth-order valence-corrected chi connectivity index (χ4v) is 5.42. The summed E-state index contributed by atoms with van der Waals surface area (Å²) in [5.74, 6) is 5.26. The number of sulfonamides is 1. The largest absolute Gasteiger partial charge is 0.487 e. The van der Waals surface area contributed by atoms with Crippen LogP contribution in [-0.2, 0) is 14.8 Å². The molecule has 0 unspecified atom stereocenters. The lowest BCUT2D eigenvalue weighted by Gasteiger charge is -2.37. The van der Waals surface area contributed by atoms with Gasteiger partial charge in [0, 0.05) is 43.6 Å². The minimum atomic E-state index is -3.97. The number of ether oxygens (including phenoxy) is 1. The van der Waals surface area contributed by atoms with E-state index in [1.807, 2.05) is 6.92 Å². The van der Waals surface area contributed by atoms with E-state index in [1.165, 1.54) is 34.3 Å². The predicted molar refractivity (Wildman–Crippen MR) is 126 cm³/mol. The number of carbonyl (C=O) groups is 1. The Hall–Kier alpha value is -2.93. The fraction of sp³-hybridized carbons (Fsp3) is 0.400. The molecule has 0 bridgehead atoms. The van der Waals surface area contributed by atoms with E-state index in [0.717, 1.165) is 0 Å². The van der Waals surface area contributed by atoms with E-state index >= 15 is 0 Å². The van der Waals surface area contributed by atoms with Gasteiger partial charge in [-0.25, -0.2) is 12.8 Å². The molecule has 1 aliphatic heterocycles. The van der Waals surface area contributed by atoms with Gasteiger partial charge in [0.05, 0.1) is 13.2 Å². The summed E-state index contributed by atoms with van der Waals surface area (Å²) in [5, 5.41) is 9.71. The number of amides is 1. The minimum absolute atomic E-state index is 0.0255. The summed E-state index contributed by atoms with van der Waals surface area (Å²) in [4.78, 5) is 13.3. The maximum absolute atomic E-state index is 13.5. The number of rotatable bonds is 4. The number of likely N-dealkylation sites (N-methyl/N-ethyl adjacent to an activating group) is 1. The molecular weight excluding hydrogens is 459 g/mol. The average molecular weight is 489 g/mol. The number of aliphatic hydroxyl groups excluding tert-OH is 1. The van der Waals surface area contributed by atoms with E-state index in [2.05, 4.69) is 11.8 Å². The van der Waals surface area contributed by atoms with Crippen LogP contribution in [0.25, 0.3) is 0 Å². The Balaban J connectivity index is 2.07. The number of halogens is 1. The van der Waals surface area contributed by atoms with Crippen molar-refractivity contribution in [1.82, 2.24) is 9.21 Å². The lowest BCUT2D eigenvalue weighted by Crippen LogP contribution is -2.50. The normalized spacial score (nSPS) is 20.5. The van der Waals surface area contributed by atoms with Crippen molar-refractivity contribution in [1.29, 1.82) is 0 Å². The first-order valence-corrected chi connectivity index (χ1v) is 12.4. The molecule has 0 radical (unpaired) electrons. The van der Waals surface area contributed by atoms with Crippen LogP contribution in [0.5, 0.6) is 5.75 Å². The molecule has 9 heteroatoms. The van der Waals surface area contributed by atoms with Gasteiger partial charge in [-0.15, -0.1) is 0 Å². The van der Waals surface area contributed by atoms with Crippen molar-refractivity contribution >= 4 is 15.9 Å². The molecule has 3 rings (SSSR count). The first-order valence-electron chi connectivity index (χ1n) is 11.0. The Bertz CT molecular complexity index is 1200. The number of aliphatic hydroxyl groups is 1. The second-order valence-corrected chi connectivity index (χ2v) is 10.4. The summed E-state index contributed by atoms with van der Waals surface area (Å²) in [6, 6.07) is 9.69. The van der Waals surface area contributed by atoms with Gasteiger partial charge in [0.2, 0.25) is 15.9 Å². The maximum atomic E-state index is 13.5. The highest BCUT2D eigenvalue weighted by Crippen LogP contribution is 2.34. The average Bonchev–Trinajstić information content (AvgIpc) is 2.80. The van der Waals surface area contributed by atoms with Gasteiger partial charge < -0.3 is 14.7 Å². The van der Waals surface area contributed by atoms with Gasteiger partial charge in [-0.1, -0.05) is 18.8 Å². The molecule has 34 heavy (non-hydrogen) atoms. The Morgan fingerprint density at radius 3 is 2.47 bits per heavy atom. The molecule has 1 N–H and O–H groups in total. The molecule has 7 nitrogen and oxygen atoms in total. The summed E-state index contributed by atoms with van der Waals surface area (Å²) in [6.07, 6.45) is -0.489. The van der Waals surface area contributed by atoms with Crippen LogP contribution in [0.2, 0.25) is 0 Å². The smallest absolute Gasteiger partial charge is 0.247 e. The zero-order valence-electron chi connectivity index (χ0n) is 19.7. The molecular formula is C25H29FN2O5S. The van der Waals surface area contributed by atoms with Crippen molar-refractivity contribution in [3.63, 3.8) is 0 Å². The van der Waals surface area contributed by atoms with Crippen molar-refractivity contribution in [2.45, 2.75) is 37.8 Å². The number of fused-ring (bicyclic) bond motifs is 1. The maximum Gasteiger partial charge on any atom is 0.247 e. The van der Waals surface area contributed by atoms with Crippen LogP contribution in [-0.4, -0.2) is 67.5 Å². The molecule has 1 heterocycles. The van der Waals surface area contributed by atoms with E-state index in [9.17, 15) is 22.7 Å². The van der Waals surface area contributed by atoms with Crippen LogP contribution in [0.4, 0.5) is 4.39 Å². The quantitative estimate of drug-likeness (QED) is 0.669. The van der Waals surface area contributed by atoms with Crippen LogP contribution < -0.4 is 4.74 Å². The van der Waals surface area contributed by atoms with Gasteiger partial charge in [0.15, 0.2) is 0 Å². The van der Waals surface area contributed by atoms with Gasteiger partial charge in [-0.05, 0) is 49.4 Å². The fourth-order valence-electron chi connectivity index (χ4n) is 3.60. The molecule has 182 valence electrons. The molecule has 0 fully saturated rings. The zero-order chi connectivity index (χ0) is 25.0. The van der Waals surface area contributed by atoms with Gasteiger partial charge in [-0.2, -0.15) is 4.31 Å². The number of carbonyl (C=O) groups excluding carboxylic acids is 1. The Labute approximate surface area is 200 Å². The summed E-state index contributed by atoms with van der Waals surface area (Å²) in [6.45, 7) is 5.02. The van der Waals surface area contributed by atoms with E-state index in [4.69, 9.17) is 4.74 Å². The number of hydrogen-bond donors (Lipinski definition) is 1. The van der Waals surface area contributed by atoms with Crippen molar-refractivity contribution < 1.29 is 27.4 Å². The van der Waals surface area contributed by atoms with Gasteiger partial charge in [0.25, 0.3) is 0 Å². The van der Waals surface area contributed by atoms with Crippen molar-refractivity contribution in [3.05, 3.63) is 59.4 Å². The van der Waals surface area contributed by atoms with E-state index < -0.39 is 22.2 Å². The molecule has 0 spiro atoms. The van der Waals surface area contributed by atoms with E-state index in [-0.39, 0.29) is 48.0 Å². The van der Waals surface area contributed by atoms with Gasteiger partial charge in [0.1, 0.15) is 22.6 Å². The topological polar surface area (TPSA) is 87.2 Å². The Morgan fingerprint density at radius 2 is 1.85 bits per heavy atom. The summed E-state index contributed by atoms with van der Waals surface area (Å²) in [7, 11) is -2.31. The third-order valence-corrected chi connectivity index (χ3v) is 7.87. The highest BCUT2D eigenvalue weighted by molar-refractivity contribution is 7.89. The van der Waals surface area contributed by atoms with Crippen LogP contribution in [0.1, 0.15) is 31.9 Å². The zero-order valence-corrected chi connectivity index (χ0v) is 20.5. The molecule has 0 saturated heterocycles. The highest BCUT2D eigenvalue weighted by Gasteiger charge is 2.38. The van der Waals surface area contributed by atoms with Crippen molar-refractivity contribution in [3.8, 4) is 17.6 Å². The highest BCUT2D eigenvalue weighted by atomic mass is 32.2. The SMILES string of the molecule is CC(=O)N(C)C[C@@H]1Oc2cc(C#Cc3ccc(F)cc3)ccc2S(=O)(=O)N([C@H](C)CO)C[C@H]1C. The second kappa shape index (κ2) is 10.6. The van der Waals surface area contributed by atoms with Crippen LogP contribution in [0.15, 0.2) is 47.4 Å². The van der Waals surface area contributed by atoms with Crippen molar-refractivity contribution in [2.75, 3.05) is 26.7 Å². The van der Waals surface area contributed by atoms with E-state index in [0.29, 0.717) is 11.1 Å². The number of hydrogen-bond acceptors (Lipinski definition) is 5. The van der Waals surface area contributed by atoms with Crippen molar-refractivity contribution in [2.24, 2.45) is 5.92 Å². The van der Waals surface area contributed by atoms with Crippen LogP contribution >= 0.6 is 0 Å². The lowest BCUT2D eigenvalue weighted by atomic mass is 10.0. The molecule has 0 saturated carbocycles. The predicted octanol–water partition coefficient (Wildman–Crippen LogP) is 2.47. The van der Waals surface area contributed by atoms with Crippen LogP contribution in [0.3, 0.4) is 0 Å². The molecule has 0 aromatic heterocycles. The number of benzene rings is 2. The van der Waals surface area contributed by atoms with Gasteiger partial charge in [-0.3, -0.25) is 4.79 Å². The molecule has 0 aliphatic carbocycles. The minimum Gasteiger partial charge on any atom is -0.487 e. The first kappa shape index (κ1) is 25.7. The Morgan fingerprint density at radius 1 is 1.24 bits per heavy atom. The standard InChI is InChI=1S/C25H29FN2O5S/c1-17-14-28(18(2)16-29)34(31,32)25-12-9-21(6-5-20-7-10-22(26)11-8-20)13-23(25)33-24(17)15-27(4)19(3)30/h7-13,17-18,24,29H,14-16H2,1-4H3/t17-,18-,24+/m1/s1. The van der Waals surface area contributed by atoms with Crippen LogP contribution in [0, 0.1) is 23.6 Å². The lowest BCUT2D eigenvalue weighted by molar-refractivity contribution is -0.129. The third-order valence-electron chi connectivity index (χ3n) is 5.85. The second-order valence-electron chi connectivity index (χ2n) is 8.56. The number of nitrogens with zero attached hydrogens (tertiary/aromatic N) is 2. The summed E-state index contributed by atoms with van der Waals surface area (Å²) < 4.78 is 47.6. The summed E-state index contributed by atoms with van der Waals surface area (Å²) >= 11 is 0. The molecule has 2 aromatic rings. The van der Waals surface area contributed by atoms with Gasteiger partial charge >= 0.3 is 0 Å². The summed E-state index contributed by atoms with van der Waals surface area (Å²) in [5.41, 5.74) is 1.13. The monoisotopic (exact) mass is 488 g/mol. The molecule has 1 amide bonds. The van der Waals surface area contributed by atoms with E-state index in [1.54, 1.807) is 38.2 Å². The Kier molecular flexibility index (Phi) is 7.97. The molecule has 3 atom stereocenters. The molecule has 1 aliphatic rings. The first-order chi connectivity index (χ1) is 16.0.